The molecular weight excluding hydrogens is 401 g/mol. The van der Waals surface area contributed by atoms with Gasteiger partial charge in [0.05, 0.1) is 0 Å². The van der Waals surface area contributed by atoms with Crippen molar-refractivity contribution in [3.8, 4) is 11.5 Å². The Hall–Kier alpha value is -2.77. The van der Waals surface area contributed by atoms with E-state index in [1.807, 2.05) is 0 Å². The van der Waals surface area contributed by atoms with Crippen LogP contribution in [0.25, 0.3) is 0 Å². The SMILES string of the molecule is C[Se]/C(=N\C(=O)Oc1ccc(F)cc1)NC(=O)Oc1ccc(F)cc1. The molecule has 0 spiro atoms. The van der Waals surface area contributed by atoms with Crippen LogP contribution in [0.2, 0.25) is 5.82 Å². The van der Waals surface area contributed by atoms with Gasteiger partial charge in [-0.15, -0.1) is 0 Å². The van der Waals surface area contributed by atoms with E-state index in [1.165, 1.54) is 24.3 Å². The van der Waals surface area contributed by atoms with Crippen molar-refractivity contribution in [2.45, 2.75) is 5.82 Å². The number of carbonyl (C=O) groups is 2. The average molecular weight is 413 g/mol. The quantitative estimate of drug-likeness (QED) is 0.476. The standard InChI is InChI=1S/C16H12F2N2O4Se/c1-25-14(19-15(21)23-12-6-2-10(17)3-7-12)20-16(22)24-13-8-4-11(18)5-9-13/h2-9H,1H3,(H,19,20,21,22). The summed E-state index contributed by atoms with van der Waals surface area (Å²) in [5.74, 6) is 1.04. The molecule has 0 aliphatic heterocycles. The van der Waals surface area contributed by atoms with Gasteiger partial charge in [-0.05, 0) is 0 Å². The number of hydrogen-bond acceptors (Lipinski definition) is 4. The normalized spacial score (nSPS) is 10.9. The first-order chi connectivity index (χ1) is 12.0. The van der Waals surface area contributed by atoms with Gasteiger partial charge in [0.15, 0.2) is 0 Å². The molecule has 2 amide bonds. The Morgan fingerprint density at radius 1 is 0.920 bits per heavy atom. The van der Waals surface area contributed by atoms with E-state index in [0.29, 0.717) is 0 Å². The molecular formula is C16H12F2N2O4Se. The van der Waals surface area contributed by atoms with E-state index in [2.05, 4.69) is 10.3 Å². The second-order valence-electron chi connectivity index (χ2n) is 4.41. The van der Waals surface area contributed by atoms with Crippen LogP contribution in [-0.2, 0) is 0 Å². The zero-order chi connectivity index (χ0) is 18.2. The molecule has 9 heteroatoms. The number of benzene rings is 2. The van der Waals surface area contributed by atoms with Crippen molar-refractivity contribution in [3.63, 3.8) is 0 Å². The van der Waals surface area contributed by atoms with Crippen LogP contribution in [0.3, 0.4) is 0 Å². The summed E-state index contributed by atoms with van der Waals surface area (Å²) in [4.78, 5) is 27.1. The van der Waals surface area contributed by atoms with Crippen LogP contribution in [0.5, 0.6) is 11.5 Å². The summed E-state index contributed by atoms with van der Waals surface area (Å²) in [7, 11) is 0. The summed E-state index contributed by atoms with van der Waals surface area (Å²) in [6.07, 6.45) is -1.84. The number of amidine groups is 1. The molecule has 0 atom stereocenters. The first-order valence-electron chi connectivity index (χ1n) is 6.81. The van der Waals surface area contributed by atoms with Crippen LogP contribution in [0, 0.1) is 11.6 Å². The van der Waals surface area contributed by atoms with Gasteiger partial charge >= 0.3 is 148 Å². The monoisotopic (exact) mass is 414 g/mol. The molecule has 0 bridgehead atoms. The Balaban J connectivity index is 1.94. The van der Waals surface area contributed by atoms with Crippen molar-refractivity contribution in [2.75, 3.05) is 0 Å². The van der Waals surface area contributed by atoms with Crippen molar-refractivity contribution in [1.82, 2.24) is 5.32 Å². The molecule has 1 N–H and O–H groups in total. The molecule has 0 heterocycles. The third-order valence-corrected chi connectivity index (χ3v) is 3.86. The summed E-state index contributed by atoms with van der Waals surface area (Å²) in [5, 5.41) is 2.32. The van der Waals surface area contributed by atoms with Crippen molar-refractivity contribution in [3.05, 3.63) is 60.2 Å². The first-order valence-corrected chi connectivity index (χ1v) is 9.37. The number of carbonyl (C=O) groups excluding carboxylic acids is 2. The fourth-order valence-electron chi connectivity index (χ4n) is 1.56. The number of amides is 2. The second-order valence-corrected chi connectivity index (χ2v) is 6.08. The van der Waals surface area contributed by atoms with Crippen LogP contribution < -0.4 is 14.8 Å². The van der Waals surface area contributed by atoms with Gasteiger partial charge < -0.3 is 0 Å². The summed E-state index contributed by atoms with van der Waals surface area (Å²) in [6, 6.07) is 9.66. The van der Waals surface area contributed by atoms with Crippen LogP contribution in [0.4, 0.5) is 18.4 Å². The molecule has 0 aliphatic carbocycles. The fourth-order valence-corrected chi connectivity index (χ4v) is 2.29. The van der Waals surface area contributed by atoms with Crippen LogP contribution in [0.1, 0.15) is 0 Å². The topological polar surface area (TPSA) is 77.0 Å². The zero-order valence-electron chi connectivity index (χ0n) is 12.9. The molecule has 25 heavy (non-hydrogen) atoms. The Kier molecular flexibility index (Phi) is 6.62. The van der Waals surface area contributed by atoms with Crippen molar-refractivity contribution >= 4 is 31.9 Å². The number of ether oxygens (including phenoxy) is 2. The third kappa shape index (κ3) is 6.33. The molecule has 2 rings (SSSR count). The predicted octanol–water partition coefficient (Wildman–Crippen LogP) is 3.36. The van der Waals surface area contributed by atoms with E-state index in [1.54, 1.807) is 5.82 Å². The van der Waals surface area contributed by atoms with Crippen LogP contribution in [-0.4, -0.2) is 31.9 Å². The van der Waals surface area contributed by atoms with Gasteiger partial charge in [0.25, 0.3) is 0 Å². The molecule has 2 aromatic carbocycles. The summed E-state index contributed by atoms with van der Waals surface area (Å²) < 4.78 is 35.5. The molecule has 0 saturated heterocycles. The van der Waals surface area contributed by atoms with Crippen molar-refractivity contribution < 1.29 is 27.8 Å². The van der Waals surface area contributed by atoms with Gasteiger partial charge in [-0.2, -0.15) is 0 Å². The van der Waals surface area contributed by atoms with Gasteiger partial charge in [0, 0.05) is 0 Å². The van der Waals surface area contributed by atoms with Crippen molar-refractivity contribution in [1.29, 1.82) is 0 Å². The Morgan fingerprint density at radius 3 is 1.88 bits per heavy atom. The molecule has 130 valence electrons. The number of nitrogens with one attached hydrogen (secondary N) is 1. The van der Waals surface area contributed by atoms with Crippen LogP contribution >= 0.6 is 0 Å². The van der Waals surface area contributed by atoms with E-state index < -0.39 is 23.8 Å². The van der Waals surface area contributed by atoms with Crippen molar-refractivity contribution in [2.24, 2.45) is 4.99 Å². The van der Waals surface area contributed by atoms with E-state index >= 15 is 0 Å². The molecule has 0 radical (unpaired) electrons. The predicted molar refractivity (Wildman–Crippen MR) is 87.0 cm³/mol. The minimum absolute atomic E-state index is 0.0757. The number of nitrogens with zero attached hydrogens (tertiary/aromatic N) is 1. The molecule has 2 aromatic rings. The Bertz CT molecular complexity index is 780. The van der Waals surface area contributed by atoms with Gasteiger partial charge in [0.2, 0.25) is 0 Å². The van der Waals surface area contributed by atoms with E-state index in [9.17, 15) is 18.4 Å². The summed E-state index contributed by atoms with van der Waals surface area (Å²) in [6.45, 7) is 0. The molecule has 6 nitrogen and oxygen atoms in total. The first kappa shape index (κ1) is 18.6. The number of aliphatic imine (C=N–C) groups is 1. The van der Waals surface area contributed by atoms with E-state index in [4.69, 9.17) is 9.47 Å². The van der Waals surface area contributed by atoms with Crippen LogP contribution in [0.15, 0.2) is 53.5 Å². The van der Waals surface area contributed by atoms with Gasteiger partial charge in [0.1, 0.15) is 0 Å². The van der Waals surface area contributed by atoms with Gasteiger partial charge in [-0.1, -0.05) is 0 Å². The van der Waals surface area contributed by atoms with Gasteiger partial charge in [-0.25, -0.2) is 0 Å². The average Bonchev–Trinajstić information content (AvgIpc) is 2.58. The Morgan fingerprint density at radius 2 is 1.40 bits per heavy atom. The maximum atomic E-state index is 12.8. The Labute approximate surface area is 148 Å². The number of hydrogen-bond donors (Lipinski definition) is 1. The second kappa shape index (κ2) is 8.91. The van der Waals surface area contributed by atoms with E-state index in [-0.39, 0.29) is 31.2 Å². The number of rotatable bonds is 3. The molecule has 0 aliphatic rings. The third-order valence-electron chi connectivity index (χ3n) is 2.64. The van der Waals surface area contributed by atoms with Gasteiger partial charge in [-0.3, -0.25) is 0 Å². The molecule has 0 unspecified atom stereocenters. The molecule has 0 saturated carbocycles. The fraction of sp³-hybridized carbons (Fsp3) is 0.0625. The number of halogens is 2. The summed E-state index contributed by atoms with van der Waals surface area (Å²) in [5.41, 5.74) is 0. The molecule has 0 fully saturated rings. The maximum absolute atomic E-state index is 12.8. The molecule has 0 aromatic heterocycles. The summed E-state index contributed by atoms with van der Waals surface area (Å²) >= 11 is -0.344. The zero-order valence-corrected chi connectivity index (χ0v) is 14.6. The minimum atomic E-state index is -0.965. The van der Waals surface area contributed by atoms with E-state index in [0.717, 1.165) is 24.3 Å².